The van der Waals surface area contributed by atoms with E-state index in [1.165, 1.54) is 12.1 Å². The van der Waals surface area contributed by atoms with E-state index in [1.807, 2.05) is 13.8 Å². The highest BCUT2D eigenvalue weighted by Gasteiger charge is 2.15. The third-order valence-electron chi connectivity index (χ3n) is 4.22. The summed E-state index contributed by atoms with van der Waals surface area (Å²) in [4.78, 5) is 8.66. The maximum Gasteiger partial charge on any atom is 0.261 e. The number of aromatic nitrogens is 2. The largest absolute Gasteiger partial charge is 0.494 e. The molecule has 1 heterocycles. The van der Waals surface area contributed by atoms with E-state index in [-0.39, 0.29) is 23.5 Å². The summed E-state index contributed by atoms with van der Waals surface area (Å²) in [6.45, 7) is 4.17. The van der Waals surface area contributed by atoms with Gasteiger partial charge in [0.25, 0.3) is 10.0 Å². The second-order valence-electron chi connectivity index (χ2n) is 6.83. The minimum atomic E-state index is -3.81. The van der Waals surface area contributed by atoms with Gasteiger partial charge in [-0.2, -0.15) is 4.98 Å². The zero-order chi connectivity index (χ0) is 23.1. The fourth-order valence-electron chi connectivity index (χ4n) is 2.68. The Labute approximate surface area is 195 Å². The Kier molecular flexibility index (Phi) is 7.89. The standard InChI is InChI=1S/C21H24BrN5O4S/c1-3-31-17-9-7-15(8-10-17)27-32(29,30)18-6-4-5-16(11-18)25-21-23-12-19(22)20(26-21)24-14(2)13-28/h4-12,14,27-28H,3,13H2,1-2H3,(H2,23,24,25,26)/t14-/m1/s1. The SMILES string of the molecule is CCOc1ccc(NS(=O)(=O)c2cccc(Nc3ncc(Br)c(N[C@H](C)CO)n3)c2)cc1. The fraction of sp³-hybridized carbons (Fsp3) is 0.238. The number of sulfonamides is 1. The van der Waals surface area contributed by atoms with Gasteiger partial charge in [-0.15, -0.1) is 0 Å². The van der Waals surface area contributed by atoms with Crippen LogP contribution in [0.4, 0.5) is 23.1 Å². The van der Waals surface area contributed by atoms with E-state index in [9.17, 15) is 13.5 Å². The molecule has 0 aliphatic carbocycles. The molecule has 11 heteroatoms. The maximum atomic E-state index is 12.8. The first-order valence-corrected chi connectivity index (χ1v) is 12.1. The van der Waals surface area contributed by atoms with Gasteiger partial charge in [0.15, 0.2) is 0 Å². The van der Waals surface area contributed by atoms with Gasteiger partial charge in [0.05, 0.1) is 22.6 Å². The number of benzene rings is 2. The zero-order valence-corrected chi connectivity index (χ0v) is 19.9. The molecule has 4 N–H and O–H groups in total. The van der Waals surface area contributed by atoms with Crippen LogP contribution in [-0.4, -0.2) is 42.7 Å². The highest BCUT2D eigenvalue weighted by atomic mass is 79.9. The Balaban J connectivity index is 1.76. The molecule has 3 rings (SSSR count). The quantitative estimate of drug-likeness (QED) is 0.315. The fourth-order valence-corrected chi connectivity index (χ4v) is 4.09. The van der Waals surface area contributed by atoms with Gasteiger partial charge >= 0.3 is 0 Å². The summed E-state index contributed by atoms with van der Waals surface area (Å²) in [6.07, 6.45) is 1.57. The van der Waals surface area contributed by atoms with Crippen LogP contribution >= 0.6 is 15.9 Å². The van der Waals surface area contributed by atoms with Gasteiger partial charge in [-0.05, 0) is 72.2 Å². The summed E-state index contributed by atoms with van der Waals surface area (Å²) in [5, 5.41) is 15.3. The molecule has 170 valence electrons. The highest BCUT2D eigenvalue weighted by Crippen LogP contribution is 2.25. The van der Waals surface area contributed by atoms with Gasteiger partial charge in [-0.3, -0.25) is 4.72 Å². The normalized spacial score (nSPS) is 12.1. The van der Waals surface area contributed by atoms with Crippen LogP contribution < -0.4 is 20.1 Å². The molecule has 0 aliphatic rings. The summed E-state index contributed by atoms with van der Waals surface area (Å²) in [5.74, 6) is 1.44. The molecule has 0 bridgehead atoms. The highest BCUT2D eigenvalue weighted by molar-refractivity contribution is 9.10. The van der Waals surface area contributed by atoms with Gasteiger partial charge < -0.3 is 20.5 Å². The third-order valence-corrected chi connectivity index (χ3v) is 6.18. The smallest absolute Gasteiger partial charge is 0.261 e. The third kappa shape index (κ3) is 6.31. The first-order valence-electron chi connectivity index (χ1n) is 9.83. The van der Waals surface area contributed by atoms with E-state index < -0.39 is 10.0 Å². The molecule has 1 aromatic heterocycles. The Morgan fingerprint density at radius 2 is 1.91 bits per heavy atom. The van der Waals surface area contributed by atoms with Crippen molar-refractivity contribution in [1.82, 2.24) is 9.97 Å². The average molecular weight is 522 g/mol. The van der Waals surface area contributed by atoms with Crippen molar-refractivity contribution >= 4 is 49.1 Å². The molecule has 32 heavy (non-hydrogen) atoms. The molecule has 0 fully saturated rings. The number of aliphatic hydroxyl groups excluding tert-OH is 1. The minimum Gasteiger partial charge on any atom is -0.494 e. The average Bonchev–Trinajstić information content (AvgIpc) is 2.77. The number of anilines is 4. The van der Waals surface area contributed by atoms with Crippen LogP contribution in [0.25, 0.3) is 0 Å². The van der Waals surface area contributed by atoms with Crippen LogP contribution in [0.5, 0.6) is 5.75 Å². The number of hydrogen-bond donors (Lipinski definition) is 4. The van der Waals surface area contributed by atoms with E-state index >= 15 is 0 Å². The van der Waals surface area contributed by atoms with Gasteiger partial charge in [0.1, 0.15) is 11.6 Å². The van der Waals surface area contributed by atoms with Gasteiger partial charge in [0.2, 0.25) is 5.95 Å². The molecule has 0 spiro atoms. The van der Waals surface area contributed by atoms with Crippen molar-refractivity contribution in [3.05, 3.63) is 59.2 Å². The topological polar surface area (TPSA) is 125 Å². The number of nitrogens with one attached hydrogen (secondary N) is 3. The zero-order valence-electron chi connectivity index (χ0n) is 17.5. The molecule has 0 saturated heterocycles. The molecule has 0 amide bonds. The molecule has 3 aromatic rings. The number of aliphatic hydroxyl groups is 1. The lowest BCUT2D eigenvalue weighted by Gasteiger charge is -2.14. The summed E-state index contributed by atoms with van der Waals surface area (Å²) in [7, 11) is -3.81. The lowest BCUT2D eigenvalue weighted by Crippen LogP contribution is -2.20. The van der Waals surface area contributed by atoms with Crippen molar-refractivity contribution in [3.63, 3.8) is 0 Å². The second-order valence-corrected chi connectivity index (χ2v) is 9.37. The number of nitrogens with zero attached hydrogens (tertiary/aromatic N) is 2. The lowest BCUT2D eigenvalue weighted by molar-refractivity contribution is 0.281. The summed E-state index contributed by atoms with van der Waals surface area (Å²) >= 11 is 3.36. The van der Waals surface area contributed by atoms with Gasteiger partial charge in [-0.1, -0.05) is 6.07 Å². The molecule has 2 aromatic carbocycles. The van der Waals surface area contributed by atoms with E-state index in [0.29, 0.717) is 34.0 Å². The van der Waals surface area contributed by atoms with E-state index in [1.54, 1.807) is 42.6 Å². The van der Waals surface area contributed by atoms with Crippen molar-refractivity contribution in [3.8, 4) is 5.75 Å². The first kappa shape index (κ1) is 23.8. The number of rotatable bonds is 10. The molecule has 0 radical (unpaired) electrons. The van der Waals surface area contributed by atoms with Crippen LogP contribution in [0.3, 0.4) is 0 Å². The summed E-state index contributed by atoms with van der Waals surface area (Å²) in [6, 6.07) is 12.8. The predicted molar refractivity (Wildman–Crippen MR) is 128 cm³/mol. The molecular formula is C21H24BrN5O4S. The Morgan fingerprint density at radius 1 is 1.16 bits per heavy atom. The Hall–Kier alpha value is -2.89. The monoisotopic (exact) mass is 521 g/mol. The van der Waals surface area contributed by atoms with Crippen LogP contribution in [0.2, 0.25) is 0 Å². The van der Waals surface area contributed by atoms with Crippen molar-refractivity contribution in [2.45, 2.75) is 24.8 Å². The van der Waals surface area contributed by atoms with Crippen LogP contribution in [0, 0.1) is 0 Å². The number of hydrogen-bond acceptors (Lipinski definition) is 8. The number of ether oxygens (including phenoxy) is 1. The molecule has 1 atom stereocenters. The Bertz CT molecular complexity index is 1160. The van der Waals surface area contributed by atoms with Crippen molar-refractivity contribution in [2.75, 3.05) is 28.6 Å². The van der Waals surface area contributed by atoms with Crippen LogP contribution in [0.15, 0.2) is 64.1 Å². The molecule has 0 aliphatic heterocycles. The number of halogens is 1. The van der Waals surface area contributed by atoms with Crippen molar-refractivity contribution in [2.24, 2.45) is 0 Å². The molecule has 0 saturated carbocycles. The van der Waals surface area contributed by atoms with E-state index in [0.717, 1.165) is 0 Å². The molecule has 9 nitrogen and oxygen atoms in total. The van der Waals surface area contributed by atoms with E-state index in [2.05, 4.69) is 41.3 Å². The second kappa shape index (κ2) is 10.6. The summed E-state index contributed by atoms with van der Waals surface area (Å²) in [5.41, 5.74) is 0.930. The van der Waals surface area contributed by atoms with Crippen LogP contribution in [-0.2, 0) is 10.0 Å². The van der Waals surface area contributed by atoms with Crippen molar-refractivity contribution in [1.29, 1.82) is 0 Å². The van der Waals surface area contributed by atoms with E-state index in [4.69, 9.17) is 4.74 Å². The predicted octanol–water partition coefficient (Wildman–Crippen LogP) is 3.97. The van der Waals surface area contributed by atoms with Gasteiger partial charge in [-0.25, -0.2) is 13.4 Å². The Morgan fingerprint density at radius 3 is 2.59 bits per heavy atom. The first-order chi connectivity index (χ1) is 15.3. The van der Waals surface area contributed by atoms with Crippen molar-refractivity contribution < 1.29 is 18.3 Å². The minimum absolute atomic E-state index is 0.0551. The maximum absolute atomic E-state index is 12.8. The lowest BCUT2D eigenvalue weighted by atomic mass is 10.3. The molecular weight excluding hydrogens is 498 g/mol. The molecule has 0 unspecified atom stereocenters. The summed E-state index contributed by atoms with van der Waals surface area (Å²) < 4.78 is 34.2. The van der Waals surface area contributed by atoms with Gasteiger partial charge in [0, 0.05) is 23.6 Å². The van der Waals surface area contributed by atoms with Crippen LogP contribution in [0.1, 0.15) is 13.8 Å².